The molecule has 0 aliphatic heterocycles. The molecule has 0 aliphatic carbocycles. The minimum atomic E-state index is 0.719. The molecule has 74 valence electrons. The molecule has 0 amide bonds. The number of benzene rings is 1. The van der Waals surface area contributed by atoms with E-state index in [0.717, 1.165) is 22.1 Å². The third kappa shape index (κ3) is 1.39. The van der Waals surface area contributed by atoms with E-state index in [1.807, 2.05) is 36.5 Å². The molecule has 2 aromatic heterocycles. The van der Waals surface area contributed by atoms with Gasteiger partial charge in [0.15, 0.2) is 0 Å². The minimum Gasteiger partial charge on any atom is -0.256 e. The normalized spacial score (nSPS) is 10.8. The van der Waals surface area contributed by atoms with Crippen LogP contribution in [0.15, 0.2) is 48.9 Å². The van der Waals surface area contributed by atoms with E-state index in [1.54, 1.807) is 17.1 Å². The van der Waals surface area contributed by atoms with Crippen LogP contribution in [-0.4, -0.2) is 22.6 Å². The lowest BCUT2D eigenvalue weighted by Gasteiger charge is -2.06. The first-order chi connectivity index (χ1) is 7.84. The van der Waals surface area contributed by atoms with Crippen LogP contribution in [0, 0.1) is 0 Å². The van der Waals surface area contributed by atoms with Gasteiger partial charge in [-0.15, -0.1) is 0 Å². The fraction of sp³-hybridized carbons (Fsp3) is 0. The summed E-state index contributed by atoms with van der Waals surface area (Å²) in [6.07, 6.45) is 5.37. The number of pyridine rings is 1. The fourth-order valence-electron chi connectivity index (χ4n) is 1.75. The molecule has 2 radical (unpaired) electrons. The molecule has 3 nitrogen and oxygen atoms in total. The van der Waals surface area contributed by atoms with Gasteiger partial charge in [-0.05, 0) is 29.7 Å². The topological polar surface area (TPSA) is 30.7 Å². The number of rotatable bonds is 1. The van der Waals surface area contributed by atoms with Crippen LogP contribution in [0.3, 0.4) is 0 Å². The Bertz CT molecular complexity index is 632. The molecule has 0 bridgehead atoms. The molecule has 0 fully saturated rings. The smallest absolute Gasteiger partial charge is 0.114 e. The van der Waals surface area contributed by atoms with E-state index in [0.29, 0.717) is 0 Å². The number of aromatic nitrogens is 3. The van der Waals surface area contributed by atoms with Gasteiger partial charge in [0.2, 0.25) is 0 Å². The second-order valence-electron chi connectivity index (χ2n) is 3.56. The number of hydrogen-bond acceptors (Lipinski definition) is 2. The molecular weight excluding hydrogens is 197 g/mol. The molecule has 0 atom stereocenters. The van der Waals surface area contributed by atoms with E-state index in [4.69, 9.17) is 7.85 Å². The molecule has 1 aromatic carbocycles. The monoisotopic (exact) mass is 205 g/mol. The van der Waals surface area contributed by atoms with Crippen LogP contribution in [0.1, 0.15) is 0 Å². The van der Waals surface area contributed by atoms with Crippen LogP contribution in [0.2, 0.25) is 0 Å². The standard InChI is InChI=1S/C12H8BN3/c13-11-7-9(16-6-2-5-15-16)8-12-10(11)3-1-4-14-12/h1-8H. The summed E-state index contributed by atoms with van der Waals surface area (Å²) in [5.41, 5.74) is 2.53. The van der Waals surface area contributed by atoms with E-state index in [9.17, 15) is 0 Å². The molecule has 0 spiro atoms. The summed E-state index contributed by atoms with van der Waals surface area (Å²) in [5.74, 6) is 0. The Kier molecular flexibility index (Phi) is 1.99. The molecule has 0 saturated heterocycles. The Morgan fingerprint density at radius 3 is 2.88 bits per heavy atom. The highest BCUT2D eigenvalue weighted by Crippen LogP contribution is 2.13. The lowest BCUT2D eigenvalue weighted by molar-refractivity contribution is 0.882. The molecule has 0 N–H and O–H groups in total. The first-order valence-electron chi connectivity index (χ1n) is 4.99. The van der Waals surface area contributed by atoms with Gasteiger partial charge in [0.05, 0.1) is 11.2 Å². The molecule has 3 aromatic rings. The van der Waals surface area contributed by atoms with E-state index in [-0.39, 0.29) is 0 Å². The number of nitrogens with zero attached hydrogens (tertiary/aromatic N) is 3. The summed E-state index contributed by atoms with van der Waals surface area (Å²) in [6.45, 7) is 0. The Balaban J connectivity index is 2.29. The molecular formula is C12H8BN3. The zero-order valence-corrected chi connectivity index (χ0v) is 8.54. The van der Waals surface area contributed by atoms with Crippen molar-refractivity contribution in [2.45, 2.75) is 0 Å². The van der Waals surface area contributed by atoms with Crippen LogP contribution >= 0.6 is 0 Å². The summed E-state index contributed by atoms with van der Waals surface area (Å²) >= 11 is 0. The number of fused-ring (bicyclic) bond motifs is 1. The molecule has 16 heavy (non-hydrogen) atoms. The summed E-state index contributed by atoms with van der Waals surface area (Å²) in [5, 5.41) is 5.14. The van der Waals surface area contributed by atoms with Crippen LogP contribution < -0.4 is 5.46 Å². The van der Waals surface area contributed by atoms with Gasteiger partial charge in [0, 0.05) is 18.6 Å². The van der Waals surface area contributed by atoms with Gasteiger partial charge in [-0.25, -0.2) is 4.68 Å². The zero-order chi connectivity index (χ0) is 11.0. The largest absolute Gasteiger partial charge is 0.256 e. The van der Waals surface area contributed by atoms with Crippen molar-refractivity contribution in [3.05, 3.63) is 48.9 Å². The van der Waals surface area contributed by atoms with Crippen molar-refractivity contribution >= 4 is 24.2 Å². The Morgan fingerprint density at radius 1 is 1.12 bits per heavy atom. The van der Waals surface area contributed by atoms with Crippen molar-refractivity contribution in [1.82, 2.24) is 14.8 Å². The van der Waals surface area contributed by atoms with Crippen LogP contribution in [0.5, 0.6) is 0 Å². The predicted molar refractivity (Wildman–Crippen MR) is 64.3 cm³/mol. The zero-order valence-electron chi connectivity index (χ0n) is 8.54. The lowest BCUT2D eigenvalue weighted by Crippen LogP contribution is -2.08. The van der Waals surface area contributed by atoms with Crippen molar-refractivity contribution in [2.24, 2.45) is 0 Å². The second-order valence-corrected chi connectivity index (χ2v) is 3.56. The van der Waals surface area contributed by atoms with Crippen LogP contribution in [-0.2, 0) is 0 Å². The van der Waals surface area contributed by atoms with Crippen molar-refractivity contribution in [3.63, 3.8) is 0 Å². The average molecular weight is 205 g/mol. The van der Waals surface area contributed by atoms with Gasteiger partial charge in [-0.2, -0.15) is 5.10 Å². The van der Waals surface area contributed by atoms with Crippen molar-refractivity contribution in [1.29, 1.82) is 0 Å². The second kappa shape index (κ2) is 3.49. The molecule has 0 saturated carbocycles. The fourth-order valence-corrected chi connectivity index (χ4v) is 1.75. The third-order valence-corrected chi connectivity index (χ3v) is 2.51. The van der Waals surface area contributed by atoms with E-state index < -0.39 is 0 Å². The summed E-state index contributed by atoms with van der Waals surface area (Å²) in [4.78, 5) is 4.29. The number of hydrogen-bond donors (Lipinski definition) is 0. The quantitative estimate of drug-likeness (QED) is 0.559. The predicted octanol–water partition coefficient (Wildman–Crippen LogP) is 1.21. The highest BCUT2D eigenvalue weighted by atomic mass is 15.3. The minimum absolute atomic E-state index is 0.719. The van der Waals surface area contributed by atoms with E-state index in [2.05, 4.69) is 10.1 Å². The van der Waals surface area contributed by atoms with Gasteiger partial charge < -0.3 is 0 Å². The maximum atomic E-state index is 5.98. The Morgan fingerprint density at radius 2 is 2.06 bits per heavy atom. The van der Waals surface area contributed by atoms with Gasteiger partial charge >= 0.3 is 0 Å². The van der Waals surface area contributed by atoms with Crippen molar-refractivity contribution in [3.8, 4) is 5.69 Å². The molecule has 4 heteroatoms. The maximum Gasteiger partial charge on any atom is 0.114 e. The summed E-state index contributed by atoms with van der Waals surface area (Å²) in [6, 6.07) is 9.59. The molecule has 0 aliphatic rings. The highest BCUT2D eigenvalue weighted by Gasteiger charge is 2.02. The third-order valence-electron chi connectivity index (χ3n) is 2.51. The first kappa shape index (κ1) is 9.15. The molecule has 2 heterocycles. The molecule has 0 unspecified atom stereocenters. The van der Waals surface area contributed by atoms with Gasteiger partial charge in [0.1, 0.15) is 7.85 Å². The SMILES string of the molecule is [B]c1cc(-n2cccn2)cc2ncccc12. The van der Waals surface area contributed by atoms with Gasteiger partial charge in [-0.1, -0.05) is 11.5 Å². The van der Waals surface area contributed by atoms with Gasteiger partial charge in [-0.3, -0.25) is 4.98 Å². The van der Waals surface area contributed by atoms with E-state index >= 15 is 0 Å². The van der Waals surface area contributed by atoms with Crippen molar-refractivity contribution in [2.75, 3.05) is 0 Å². The summed E-state index contributed by atoms with van der Waals surface area (Å²) < 4.78 is 1.77. The first-order valence-corrected chi connectivity index (χ1v) is 4.99. The van der Waals surface area contributed by atoms with Crippen LogP contribution in [0.4, 0.5) is 0 Å². The highest BCUT2D eigenvalue weighted by molar-refractivity contribution is 6.38. The average Bonchev–Trinajstić information content (AvgIpc) is 2.82. The van der Waals surface area contributed by atoms with Crippen LogP contribution in [0.25, 0.3) is 16.6 Å². The lowest BCUT2D eigenvalue weighted by atomic mass is 9.91. The Hall–Kier alpha value is -2.10. The van der Waals surface area contributed by atoms with Crippen molar-refractivity contribution < 1.29 is 0 Å². The Labute approximate surface area is 94.1 Å². The maximum absolute atomic E-state index is 5.98. The summed E-state index contributed by atoms with van der Waals surface area (Å²) in [7, 11) is 5.98. The van der Waals surface area contributed by atoms with E-state index in [1.165, 1.54) is 0 Å². The molecule has 3 rings (SSSR count). The van der Waals surface area contributed by atoms with Gasteiger partial charge in [0.25, 0.3) is 0 Å².